The molecule has 5 saturated carbocycles. The molecule has 2 saturated heterocycles. The van der Waals surface area contributed by atoms with Gasteiger partial charge in [-0.15, -0.1) is 0 Å². The highest BCUT2D eigenvalue weighted by Gasteiger charge is 2.71. The predicted molar refractivity (Wildman–Crippen MR) is 122 cm³/mol. The number of carbonyl (C=O) groups excluding carboxylic acids is 3. The van der Waals surface area contributed by atoms with Gasteiger partial charge in [-0.05, 0) is 56.3 Å². The molecule has 0 aromatic carbocycles. The van der Waals surface area contributed by atoms with Crippen LogP contribution in [0.3, 0.4) is 0 Å². The molecule has 0 spiro atoms. The number of morpholine rings is 1. The molecule has 7 fully saturated rings. The molecule has 0 radical (unpaired) electrons. The first-order valence-corrected chi connectivity index (χ1v) is 13.9. The van der Waals surface area contributed by atoms with E-state index in [9.17, 15) is 14.4 Å². The van der Waals surface area contributed by atoms with Crippen LogP contribution >= 0.6 is 0 Å². The summed E-state index contributed by atoms with van der Waals surface area (Å²) in [5.74, 6) is 0.501. The molecule has 11 unspecified atom stereocenters. The first-order chi connectivity index (χ1) is 17.0. The number of ether oxygens (including phenoxy) is 4. The van der Waals surface area contributed by atoms with Gasteiger partial charge in [-0.2, -0.15) is 0 Å². The zero-order valence-electron chi connectivity index (χ0n) is 20.6. The molecular formula is C27H37NO7. The SMILES string of the molecule is CCC1(OC(=O)C2C3CC4C(OC(=O)C42)C3OC(=O)CN2CCOCC2)CC2CC1C1CCCC21. The van der Waals surface area contributed by atoms with Crippen molar-refractivity contribution in [1.82, 2.24) is 4.90 Å². The van der Waals surface area contributed by atoms with Gasteiger partial charge in [0.05, 0.1) is 31.6 Å². The summed E-state index contributed by atoms with van der Waals surface area (Å²) in [7, 11) is 0. The first-order valence-electron chi connectivity index (χ1n) is 13.9. The van der Waals surface area contributed by atoms with Crippen molar-refractivity contribution in [1.29, 1.82) is 0 Å². The second-order valence-electron chi connectivity index (χ2n) is 12.3. The van der Waals surface area contributed by atoms with Crippen LogP contribution in [0, 0.1) is 47.3 Å². The fraction of sp³-hybridized carbons (Fsp3) is 0.889. The van der Waals surface area contributed by atoms with Crippen LogP contribution < -0.4 is 0 Å². The van der Waals surface area contributed by atoms with E-state index in [1.807, 2.05) is 4.90 Å². The molecule has 35 heavy (non-hydrogen) atoms. The minimum Gasteiger partial charge on any atom is -0.459 e. The lowest BCUT2D eigenvalue weighted by molar-refractivity contribution is -0.183. The van der Waals surface area contributed by atoms with Crippen LogP contribution in [0.25, 0.3) is 0 Å². The van der Waals surface area contributed by atoms with Crippen LogP contribution in [0.2, 0.25) is 0 Å². The third kappa shape index (κ3) is 3.27. The molecular weight excluding hydrogens is 450 g/mol. The van der Waals surface area contributed by atoms with Crippen molar-refractivity contribution in [2.75, 3.05) is 32.8 Å². The molecule has 7 aliphatic rings. The van der Waals surface area contributed by atoms with Crippen molar-refractivity contribution in [3.63, 3.8) is 0 Å². The third-order valence-corrected chi connectivity index (χ3v) is 11.0. The smallest absolute Gasteiger partial charge is 0.320 e. The lowest BCUT2D eigenvalue weighted by Crippen LogP contribution is -2.49. The molecule has 8 nitrogen and oxygen atoms in total. The summed E-state index contributed by atoms with van der Waals surface area (Å²) in [5.41, 5.74) is -0.389. The Labute approximate surface area is 206 Å². The number of hydrogen-bond acceptors (Lipinski definition) is 8. The van der Waals surface area contributed by atoms with E-state index < -0.39 is 24.0 Å². The second kappa shape index (κ2) is 8.17. The van der Waals surface area contributed by atoms with Gasteiger partial charge in [-0.3, -0.25) is 19.3 Å². The molecule has 5 aliphatic carbocycles. The molecule has 11 atom stereocenters. The Kier molecular flexibility index (Phi) is 5.26. The number of hydrogen-bond donors (Lipinski definition) is 0. The third-order valence-electron chi connectivity index (χ3n) is 11.0. The number of carbonyl (C=O) groups is 3. The van der Waals surface area contributed by atoms with E-state index in [2.05, 4.69) is 6.92 Å². The summed E-state index contributed by atoms with van der Waals surface area (Å²) in [5, 5.41) is 0. The molecule has 8 heteroatoms. The largest absolute Gasteiger partial charge is 0.459 e. The van der Waals surface area contributed by atoms with Crippen molar-refractivity contribution in [2.24, 2.45) is 47.3 Å². The molecule has 2 heterocycles. The molecule has 0 aromatic heterocycles. The topological polar surface area (TPSA) is 91.4 Å². The van der Waals surface area contributed by atoms with Crippen molar-refractivity contribution in [2.45, 2.75) is 69.7 Å². The Morgan fingerprint density at radius 1 is 1.09 bits per heavy atom. The molecule has 192 valence electrons. The Hall–Kier alpha value is -1.67. The minimum absolute atomic E-state index is 0.0527. The number of esters is 3. The van der Waals surface area contributed by atoms with E-state index in [0.29, 0.717) is 50.5 Å². The van der Waals surface area contributed by atoms with Gasteiger partial charge in [0.25, 0.3) is 0 Å². The van der Waals surface area contributed by atoms with Crippen LogP contribution in [-0.2, 0) is 33.3 Å². The average Bonchev–Trinajstić information content (AvgIpc) is 3.65. The van der Waals surface area contributed by atoms with Gasteiger partial charge < -0.3 is 18.9 Å². The van der Waals surface area contributed by atoms with E-state index in [1.54, 1.807) is 0 Å². The second-order valence-corrected chi connectivity index (χ2v) is 12.3. The number of nitrogens with zero attached hydrogens (tertiary/aromatic N) is 1. The Bertz CT molecular complexity index is 917. The highest BCUT2D eigenvalue weighted by atomic mass is 16.6. The molecule has 4 bridgehead atoms. The van der Waals surface area contributed by atoms with Crippen LogP contribution in [0.15, 0.2) is 0 Å². The van der Waals surface area contributed by atoms with Gasteiger partial charge in [0, 0.05) is 30.8 Å². The van der Waals surface area contributed by atoms with Crippen molar-refractivity contribution in [3.05, 3.63) is 0 Å². The monoisotopic (exact) mass is 487 g/mol. The quantitative estimate of drug-likeness (QED) is 0.416. The van der Waals surface area contributed by atoms with Crippen molar-refractivity contribution >= 4 is 17.9 Å². The summed E-state index contributed by atoms with van der Waals surface area (Å²) in [6.45, 7) is 4.96. The number of fused-ring (bicyclic) bond motifs is 6. The Morgan fingerprint density at radius 3 is 2.69 bits per heavy atom. The summed E-state index contributed by atoms with van der Waals surface area (Å²) < 4.78 is 23.5. The molecule has 2 aliphatic heterocycles. The summed E-state index contributed by atoms with van der Waals surface area (Å²) in [6, 6.07) is 0. The fourth-order valence-corrected chi connectivity index (χ4v) is 9.68. The summed E-state index contributed by atoms with van der Waals surface area (Å²) in [4.78, 5) is 41.4. The molecule has 0 N–H and O–H groups in total. The molecule has 0 aromatic rings. The normalized spacial score (nSPS) is 49.3. The van der Waals surface area contributed by atoms with E-state index in [0.717, 1.165) is 18.8 Å². The van der Waals surface area contributed by atoms with Crippen molar-refractivity contribution < 1.29 is 33.3 Å². The van der Waals surface area contributed by atoms with Crippen LogP contribution in [0.5, 0.6) is 0 Å². The minimum atomic E-state index is -0.561. The molecule has 7 rings (SSSR count). The van der Waals surface area contributed by atoms with Gasteiger partial charge in [-0.25, -0.2) is 0 Å². The van der Waals surface area contributed by atoms with Crippen LogP contribution in [0.4, 0.5) is 0 Å². The maximum Gasteiger partial charge on any atom is 0.320 e. The lowest BCUT2D eigenvalue weighted by atomic mass is 9.71. The average molecular weight is 488 g/mol. The highest BCUT2D eigenvalue weighted by Crippen LogP contribution is 2.65. The van der Waals surface area contributed by atoms with E-state index in [4.69, 9.17) is 18.9 Å². The Balaban J connectivity index is 1.07. The van der Waals surface area contributed by atoms with Gasteiger partial charge in [0.1, 0.15) is 17.8 Å². The van der Waals surface area contributed by atoms with Gasteiger partial charge in [0.2, 0.25) is 0 Å². The first kappa shape index (κ1) is 22.5. The maximum atomic E-state index is 13.8. The summed E-state index contributed by atoms with van der Waals surface area (Å²) >= 11 is 0. The fourth-order valence-electron chi connectivity index (χ4n) is 9.68. The van der Waals surface area contributed by atoms with E-state index >= 15 is 0 Å². The van der Waals surface area contributed by atoms with Crippen LogP contribution in [-0.4, -0.2) is 73.5 Å². The summed E-state index contributed by atoms with van der Waals surface area (Å²) in [6.07, 6.45) is 6.60. The van der Waals surface area contributed by atoms with E-state index in [1.165, 1.54) is 25.7 Å². The maximum absolute atomic E-state index is 13.8. The molecule has 0 amide bonds. The van der Waals surface area contributed by atoms with Crippen molar-refractivity contribution in [3.8, 4) is 0 Å². The van der Waals surface area contributed by atoms with Crippen LogP contribution in [0.1, 0.15) is 51.9 Å². The predicted octanol–water partition coefficient (Wildman–Crippen LogP) is 2.19. The zero-order chi connectivity index (χ0) is 23.9. The van der Waals surface area contributed by atoms with E-state index in [-0.39, 0.29) is 41.9 Å². The van der Waals surface area contributed by atoms with Gasteiger partial charge in [-0.1, -0.05) is 13.3 Å². The lowest BCUT2D eigenvalue weighted by Gasteiger charge is -2.43. The van der Waals surface area contributed by atoms with Gasteiger partial charge in [0.15, 0.2) is 0 Å². The van der Waals surface area contributed by atoms with Gasteiger partial charge >= 0.3 is 17.9 Å². The Morgan fingerprint density at radius 2 is 1.89 bits per heavy atom. The standard InChI is InChI=1S/C27H37NO7/c1-2-27(12-14-10-19(27)16-5-3-4-15(14)16)35-26(31)22-18-11-17-21(22)25(30)34-24(17)23(18)33-20(29)13-28-6-8-32-9-7-28/h14-19,21-24H,2-13H2,1H3. The zero-order valence-corrected chi connectivity index (χ0v) is 20.6. The number of rotatable bonds is 6. The highest BCUT2D eigenvalue weighted by molar-refractivity contribution is 5.86.